The zero-order valence-corrected chi connectivity index (χ0v) is 12.2. The molecule has 2 N–H and O–H groups in total. The summed E-state index contributed by atoms with van der Waals surface area (Å²) in [4.78, 5) is 13.8. The van der Waals surface area contributed by atoms with Crippen LogP contribution >= 0.6 is 23.2 Å². The number of nitrogens with zero attached hydrogens (tertiary/aromatic N) is 1. The number of amides is 1. The van der Waals surface area contributed by atoms with Crippen LogP contribution in [0, 0.1) is 0 Å². The van der Waals surface area contributed by atoms with Crippen LogP contribution in [0.2, 0.25) is 10.0 Å². The molecular formula is C13H18Cl2N2O. The number of halogens is 2. The van der Waals surface area contributed by atoms with Crippen molar-refractivity contribution >= 4 is 34.8 Å². The Bertz CT molecular complexity index is 435. The number of carbonyl (C=O) groups excluding carboxylic acids is 1. The van der Waals surface area contributed by atoms with Gasteiger partial charge in [-0.1, -0.05) is 43.0 Å². The van der Waals surface area contributed by atoms with Gasteiger partial charge in [0.1, 0.15) is 0 Å². The summed E-state index contributed by atoms with van der Waals surface area (Å²) < 4.78 is 0. The molecule has 0 aliphatic heterocycles. The third-order valence-electron chi connectivity index (χ3n) is 2.72. The third kappa shape index (κ3) is 3.79. The molecule has 0 unspecified atom stereocenters. The fourth-order valence-electron chi connectivity index (χ4n) is 1.67. The van der Waals surface area contributed by atoms with E-state index in [1.165, 1.54) is 6.07 Å². The SMILES string of the molecule is CCCCCN(C)C(=O)c1cc(N)cc(Cl)c1Cl. The summed E-state index contributed by atoms with van der Waals surface area (Å²) >= 11 is 11.9. The van der Waals surface area contributed by atoms with Crippen molar-refractivity contribution in [1.29, 1.82) is 0 Å². The van der Waals surface area contributed by atoms with E-state index in [1.807, 2.05) is 0 Å². The van der Waals surface area contributed by atoms with Gasteiger partial charge in [-0.2, -0.15) is 0 Å². The molecule has 1 aromatic carbocycles. The molecule has 100 valence electrons. The second-order valence-electron chi connectivity index (χ2n) is 4.30. The molecule has 0 aliphatic rings. The molecule has 0 saturated heterocycles. The Morgan fingerprint density at radius 2 is 2.00 bits per heavy atom. The van der Waals surface area contributed by atoms with Crippen molar-refractivity contribution < 1.29 is 4.79 Å². The lowest BCUT2D eigenvalue weighted by Crippen LogP contribution is -2.28. The topological polar surface area (TPSA) is 46.3 Å². The lowest BCUT2D eigenvalue weighted by atomic mass is 10.1. The molecular weight excluding hydrogens is 271 g/mol. The van der Waals surface area contributed by atoms with E-state index in [-0.39, 0.29) is 10.9 Å². The molecule has 0 saturated carbocycles. The first kappa shape index (κ1) is 15.1. The average Bonchev–Trinajstić information content (AvgIpc) is 2.33. The minimum Gasteiger partial charge on any atom is -0.399 e. The molecule has 3 nitrogen and oxygen atoms in total. The average molecular weight is 289 g/mol. The van der Waals surface area contributed by atoms with Gasteiger partial charge in [0.25, 0.3) is 5.91 Å². The Balaban J connectivity index is 2.83. The Morgan fingerprint density at radius 3 is 2.61 bits per heavy atom. The summed E-state index contributed by atoms with van der Waals surface area (Å²) in [7, 11) is 1.76. The maximum Gasteiger partial charge on any atom is 0.255 e. The van der Waals surface area contributed by atoms with Gasteiger partial charge in [0.15, 0.2) is 0 Å². The molecule has 0 atom stereocenters. The van der Waals surface area contributed by atoms with Crippen molar-refractivity contribution in [3.05, 3.63) is 27.7 Å². The van der Waals surface area contributed by atoms with E-state index in [0.717, 1.165) is 19.3 Å². The monoisotopic (exact) mass is 288 g/mol. The number of hydrogen-bond donors (Lipinski definition) is 1. The van der Waals surface area contributed by atoms with Crippen molar-refractivity contribution in [2.24, 2.45) is 0 Å². The quantitative estimate of drug-likeness (QED) is 0.661. The second-order valence-corrected chi connectivity index (χ2v) is 5.08. The van der Waals surface area contributed by atoms with Crippen molar-refractivity contribution in [3.8, 4) is 0 Å². The maximum atomic E-state index is 12.2. The summed E-state index contributed by atoms with van der Waals surface area (Å²) in [6.07, 6.45) is 3.20. The molecule has 0 bridgehead atoms. The van der Waals surface area contributed by atoms with Crippen LogP contribution in [0.1, 0.15) is 36.5 Å². The molecule has 1 amide bonds. The Hall–Kier alpha value is -0.930. The lowest BCUT2D eigenvalue weighted by molar-refractivity contribution is 0.0793. The van der Waals surface area contributed by atoms with Gasteiger partial charge in [0.2, 0.25) is 0 Å². The van der Waals surface area contributed by atoms with Crippen LogP contribution in [0.3, 0.4) is 0 Å². The number of carbonyl (C=O) groups is 1. The van der Waals surface area contributed by atoms with Gasteiger partial charge in [0.05, 0.1) is 15.6 Å². The molecule has 1 rings (SSSR count). The van der Waals surface area contributed by atoms with Crippen molar-refractivity contribution in [2.75, 3.05) is 19.3 Å². The van der Waals surface area contributed by atoms with Crippen LogP contribution < -0.4 is 5.73 Å². The minimum absolute atomic E-state index is 0.148. The smallest absolute Gasteiger partial charge is 0.255 e. The molecule has 0 heterocycles. The zero-order valence-electron chi connectivity index (χ0n) is 10.7. The largest absolute Gasteiger partial charge is 0.399 e. The van der Waals surface area contributed by atoms with Gasteiger partial charge < -0.3 is 10.6 Å². The van der Waals surface area contributed by atoms with Gasteiger partial charge in [-0.25, -0.2) is 0 Å². The number of benzene rings is 1. The highest BCUT2D eigenvalue weighted by Gasteiger charge is 2.17. The summed E-state index contributed by atoms with van der Waals surface area (Å²) in [6, 6.07) is 3.10. The molecule has 0 radical (unpaired) electrons. The van der Waals surface area contributed by atoms with E-state index in [1.54, 1.807) is 18.0 Å². The van der Waals surface area contributed by atoms with Crippen LogP contribution in [-0.2, 0) is 0 Å². The molecule has 18 heavy (non-hydrogen) atoms. The maximum absolute atomic E-state index is 12.2. The normalized spacial score (nSPS) is 10.4. The summed E-state index contributed by atoms with van der Waals surface area (Å²) in [5.41, 5.74) is 6.48. The lowest BCUT2D eigenvalue weighted by Gasteiger charge is -2.18. The van der Waals surface area contributed by atoms with Gasteiger partial charge in [0, 0.05) is 19.3 Å². The number of nitrogens with two attached hydrogens (primary N) is 1. The predicted molar refractivity (Wildman–Crippen MR) is 77.4 cm³/mol. The molecule has 0 fully saturated rings. The zero-order chi connectivity index (χ0) is 13.7. The van der Waals surface area contributed by atoms with Crippen molar-refractivity contribution in [1.82, 2.24) is 4.90 Å². The van der Waals surface area contributed by atoms with E-state index in [2.05, 4.69) is 6.92 Å². The number of nitrogen functional groups attached to an aromatic ring is 1. The highest BCUT2D eigenvalue weighted by Crippen LogP contribution is 2.29. The van der Waals surface area contributed by atoms with E-state index >= 15 is 0 Å². The van der Waals surface area contributed by atoms with Gasteiger partial charge >= 0.3 is 0 Å². The highest BCUT2D eigenvalue weighted by molar-refractivity contribution is 6.44. The van der Waals surface area contributed by atoms with Crippen LogP contribution in [0.25, 0.3) is 0 Å². The van der Waals surface area contributed by atoms with E-state index in [0.29, 0.717) is 22.8 Å². The first-order valence-electron chi connectivity index (χ1n) is 5.97. The van der Waals surface area contributed by atoms with Gasteiger partial charge in [-0.15, -0.1) is 0 Å². The first-order valence-corrected chi connectivity index (χ1v) is 6.73. The minimum atomic E-state index is -0.148. The fourth-order valence-corrected chi connectivity index (χ4v) is 2.09. The summed E-state index contributed by atoms with van der Waals surface area (Å²) in [5.74, 6) is -0.148. The fraction of sp³-hybridized carbons (Fsp3) is 0.462. The molecule has 0 spiro atoms. The Kier molecular flexibility index (Phi) is 5.76. The summed E-state index contributed by atoms with van der Waals surface area (Å²) in [5, 5.41) is 0.570. The van der Waals surface area contributed by atoms with Crippen LogP contribution in [-0.4, -0.2) is 24.4 Å². The summed E-state index contributed by atoms with van der Waals surface area (Å²) in [6.45, 7) is 2.83. The molecule has 5 heteroatoms. The number of rotatable bonds is 5. The van der Waals surface area contributed by atoms with E-state index < -0.39 is 0 Å². The van der Waals surface area contributed by atoms with E-state index in [9.17, 15) is 4.79 Å². The standard InChI is InChI=1S/C13H18Cl2N2O/c1-3-4-5-6-17(2)13(18)10-7-9(16)8-11(14)12(10)15/h7-8H,3-6,16H2,1-2H3. The number of anilines is 1. The number of hydrogen-bond acceptors (Lipinski definition) is 2. The van der Waals surface area contributed by atoms with Crippen LogP contribution in [0.15, 0.2) is 12.1 Å². The Labute approximate surface area is 118 Å². The molecule has 1 aromatic rings. The molecule has 0 aromatic heterocycles. The third-order valence-corrected chi connectivity index (χ3v) is 3.53. The Morgan fingerprint density at radius 1 is 1.33 bits per heavy atom. The van der Waals surface area contributed by atoms with Gasteiger partial charge in [-0.05, 0) is 18.6 Å². The highest BCUT2D eigenvalue weighted by atomic mass is 35.5. The first-order chi connectivity index (χ1) is 8.47. The van der Waals surface area contributed by atoms with E-state index in [4.69, 9.17) is 28.9 Å². The van der Waals surface area contributed by atoms with Crippen molar-refractivity contribution in [3.63, 3.8) is 0 Å². The van der Waals surface area contributed by atoms with Crippen LogP contribution in [0.4, 0.5) is 5.69 Å². The predicted octanol–water partition coefficient (Wildman–Crippen LogP) is 3.84. The number of unbranched alkanes of at least 4 members (excludes halogenated alkanes) is 2. The van der Waals surface area contributed by atoms with Gasteiger partial charge in [-0.3, -0.25) is 4.79 Å². The molecule has 0 aliphatic carbocycles. The van der Waals surface area contributed by atoms with Crippen LogP contribution in [0.5, 0.6) is 0 Å². The second kappa shape index (κ2) is 6.86. The van der Waals surface area contributed by atoms with Crippen molar-refractivity contribution in [2.45, 2.75) is 26.2 Å².